The van der Waals surface area contributed by atoms with E-state index in [2.05, 4.69) is 5.32 Å². The first kappa shape index (κ1) is 19.9. The molecular formula is C23H27NO4. The van der Waals surface area contributed by atoms with Gasteiger partial charge in [0.2, 0.25) is 0 Å². The van der Waals surface area contributed by atoms with E-state index in [-0.39, 0.29) is 12.3 Å². The summed E-state index contributed by atoms with van der Waals surface area (Å²) >= 11 is 0. The van der Waals surface area contributed by atoms with Crippen molar-refractivity contribution in [2.75, 3.05) is 19.0 Å². The highest BCUT2D eigenvalue weighted by Gasteiger charge is 2.51. The third-order valence-electron chi connectivity index (χ3n) is 4.99. The largest absolute Gasteiger partial charge is 0.496 e. The fraction of sp³-hybridized carbons (Fsp3) is 0.391. The average molecular weight is 381 g/mol. The summed E-state index contributed by atoms with van der Waals surface area (Å²) < 4.78 is 11.1. The Morgan fingerprint density at radius 2 is 1.82 bits per heavy atom. The highest BCUT2D eigenvalue weighted by molar-refractivity contribution is 6.15. The Balaban J connectivity index is 1.99. The highest BCUT2D eigenvalue weighted by atomic mass is 16.6. The normalized spacial score (nSPS) is 18.9. The van der Waals surface area contributed by atoms with Gasteiger partial charge in [-0.3, -0.25) is 9.59 Å². The molecule has 0 amide bonds. The molecule has 0 fully saturated rings. The smallest absolute Gasteiger partial charge is 0.322 e. The molecule has 0 unspecified atom stereocenters. The number of hydrogen-bond donors (Lipinski definition) is 1. The molecule has 2 aromatic carbocycles. The Labute approximate surface area is 166 Å². The molecule has 3 rings (SSSR count). The molecule has 28 heavy (non-hydrogen) atoms. The second-order valence-electron chi connectivity index (χ2n) is 8.12. The molecule has 5 heteroatoms. The van der Waals surface area contributed by atoms with E-state index in [0.717, 1.165) is 11.3 Å². The van der Waals surface area contributed by atoms with Gasteiger partial charge >= 0.3 is 5.97 Å². The van der Waals surface area contributed by atoms with Crippen molar-refractivity contribution in [1.82, 2.24) is 0 Å². The lowest BCUT2D eigenvalue weighted by Crippen LogP contribution is -2.50. The minimum absolute atomic E-state index is 0.182. The van der Waals surface area contributed by atoms with Crippen LogP contribution in [0.5, 0.6) is 5.75 Å². The van der Waals surface area contributed by atoms with Crippen molar-refractivity contribution < 1.29 is 19.1 Å². The van der Waals surface area contributed by atoms with Crippen LogP contribution in [0.15, 0.2) is 48.5 Å². The number of esters is 1. The van der Waals surface area contributed by atoms with Crippen molar-refractivity contribution in [3.8, 4) is 5.75 Å². The number of Topliss-reactive ketones (excluding diaryl/α,β-unsaturated/α-hetero) is 1. The lowest BCUT2D eigenvalue weighted by Gasteiger charge is -2.37. The number of carbonyl (C=O) groups excluding carboxylic acids is 2. The summed E-state index contributed by atoms with van der Waals surface area (Å²) in [4.78, 5) is 26.8. The molecule has 5 nitrogen and oxygen atoms in total. The van der Waals surface area contributed by atoms with Crippen LogP contribution >= 0.6 is 0 Å². The zero-order chi connectivity index (χ0) is 20.4. The van der Waals surface area contributed by atoms with Crippen LogP contribution in [0.1, 0.15) is 43.1 Å². The molecule has 1 aliphatic rings. The predicted octanol–water partition coefficient (Wildman–Crippen LogP) is 4.26. The molecule has 0 spiro atoms. The van der Waals surface area contributed by atoms with Crippen LogP contribution in [0, 0.1) is 5.41 Å². The van der Waals surface area contributed by atoms with Gasteiger partial charge in [-0.1, -0.05) is 30.3 Å². The second-order valence-corrected chi connectivity index (χ2v) is 8.12. The van der Waals surface area contributed by atoms with Crippen molar-refractivity contribution in [3.63, 3.8) is 0 Å². The van der Waals surface area contributed by atoms with E-state index in [1.54, 1.807) is 19.2 Å². The van der Waals surface area contributed by atoms with Crippen LogP contribution < -0.4 is 10.1 Å². The number of para-hydroxylation sites is 1. The number of ether oxygens (including phenoxy) is 2. The van der Waals surface area contributed by atoms with Gasteiger partial charge in [0.25, 0.3) is 0 Å². The van der Waals surface area contributed by atoms with E-state index in [4.69, 9.17) is 9.47 Å². The van der Waals surface area contributed by atoms with Crippen LogP contribution in [0.4, 0.5) is 5.69 Å². The third-order valence-corrected chi connectivity index (χ3v) is 4.99. The van der Waals surface area contributed by atoms with Crippen molar-refractivity contribution in [1.29, 1.82) is 0 Å². The Kier molecular flexibility index (Phi) is 5.45. The molecule has 0 saturated heterocycles. The van der Waals surface area contributed by atoms with Crippen molar-refractivity contribution >= 4 is 17.4 Å². The topological polar surface area (TPSA) is 64.6 Å². The van der Waals surface area contributed by atoms with Gasteiger partial charge in [0, 0.05) is 23.4 Å². The van der Waals surface area contributed by atoms with Crippen LogP contribution in [-0.2, 0) is 16.0 Å². The number of carbonyl (C=O) groups is 2. The first-order chi connectivity index (χ1) is 13.3. The van der Waals surface area contributed by atoms with Crippen LogP contribution in [0.25, 0.3) is 0 Å². The van der Waals surface area contributed by atoms with E-state index in [0.29, 0.717) is 24.2 Å². The Bertz CT molecular complexity index is 870. The Morgan fingerprint density at radius 3 is 2.46 bits per heavy atom. The molecule has 1 N–H and O–H groups in total. The van der Waals surface area contributed by atoms with E-state index in [1.165, 1.54) is 0 Å². The van der Waals surface area contributed by atoms with Gasteiger partial charge in [0.1, 0.15) is 16.8 Å². The lowest BCUT2D eigenvalue weighted by atomic mass is 9.70. The number of methoxy groups -OCH3 is 1. The number of hydrogen-bond acceptors (Lipinski definition) is 5. The molecule has 2 aromatic rings. The molecule has 0 saturated carbocycles. The van der Waals surface area contributed by atoms with Gasteiger partial charge in [0.15, 0.2) is 5.78 Å². The molecule has 0 aromatic heterocycles. The molecule has 0 bridgehead atoms. The van der Waals surface area contributed by atoms with Gasteiger partial charge in [-0.15, -0.1) is 0 Å². The molecule has 1 aliphatic carbocycles. The molecule has 1 atom stereocenters. The number of rotatable bonds is 5. The minimum atomic E-state index is -1.28. The molecule has 0 aliphatic heterocycles. The summed E-state index contributed by atoms with van der Waals surface area (Å²) in [6, 6.07) is 14.9. The number of benzene rings is 2. The minimum Gasteiger partial charge on any atom is -0.496 e. The zero-order valence-electron chi connectivity index (χ0n) is 16.9. The van der Waals surface area contributed by atoms with Gasteiger partial charge in [-0.25, -0.2) is 0 Å². The quantitative estimate of drug-likeness (QED) is 0.619. The van der Waals surface area contributed by atoms with Crippen molar-refractivity contribution in [3.05, 3.63) is 59.7 Å². The Morgan fingerprint density at radius 1 is 1.11 bits per heavy atom. The van der Waals surface area contributed by atoms with Crippen LogP contribution in [0.3, 0.4) is 0 Å². The monoisotopic (exact) mass is 381 g/mol. The van der Waals surface area contributed by atoms with E-state index < -0.39 is 17.0 Å². The lowest BCUT2D eigenvalue weighted by molar-refractivity contribution is -0.164. The molecule has 0 heterocycles. The summed E-state index contributed by atoms with van der Waals surface area (Å²) in [5.41, 5.74) is 0.295. The first-order valence-corrected chi connectivity index (χ1v) is 9.50. The summed E-state index contributed by atoms with van der Waals surface area (Å²) in [6.07, 6.45) is 0.939. The maximum atomic E-state index is 13.6. The van der Waals surface area contributed by atoms with Gasteiger partial charge in [-0.05, 0) is 51.8 Å². The summed E-state index contributed by atoms with van der Waals surface area (Å²) in [6.45, 7) is 5.62. The summed E-state index contributed by atoms with van der Waals surface area (Å²) in [5, 5.41) is 3.26. The third kappa shape index (κ3) is 3.88. The molecule has 0 radical (unpaired) electrons. The number of fused-ring (bicyclic) bond motifs is 1. The number of nitrogens with one attached hydrogen (secondary N) is 1. The van der Waals surface area contributed by atoms with Gasteiger partial charge < -0.3 is 14.8 Å². The highest BCUT2D eigenvalue weighted by Crippen LogP contribution is 2.41. The second kappa shape index (κ2) is 7.66. The fourth-order valence-electron chi connectivity index (χ4n) is 3.56. The van der Waals surface area contributed by atoms with Crippen molar-refractivity contribution in [2.24, 2.45) is 5.41 Å². The van der Waals surface area contributed by atoms with Gasteiger partial charge in [0.05, 0.1) is 7.11 Å². The number of ketones is 1. The maximum Gasteiger partial charge on any atom is 0.322 e. The summed E-state index contributed by atoms with van der Waals surface area (Å²) in [7, 11) is 1.59. The van der Waals surface area contributed by atoms with E-state index in [1.807, 2.05) is 57.2 Å². The van der Waals surface area contributed by atoms with E-state index in [9.17, 15) is 9.59 Å². The van der Waals surface area contributed by atoms with E-state index >= 15 is 0 Å². The van der Waals surface area contributed by atoms with Crippen LogP contribution in [-0.4, -0.2) is 31.0 Å². The Hall–Kier alpha value is -2.82. The summed E-state index contributed by atoms with van der Waals surface area (Å²) in [5.74, 6) is -0.0214. The maximum absolute atomic E-state index is 13.6. The average Bonchev–Trinajstić information content (AvgIpc) is 2.67. The van der Waals surface area contributed by atoms with Crippen molar-refractivity contribution in [2.45, 2.75) is 39.2 Å². The fourth-order valence-corrected chi connectivity index (χ4v) is 3.56. The first-order valence-electron chi connectivity index (χ1n) is 9.50. The van der Waals surface area contributed by atoms with Gasteiger partial charge in [-0.2, -0.15) is 0 Å². The predicted molar refractivity (Wildman–Crippen MR) is 109 cm³/mol. The SMILES string of the molecule is COc1cccc2c1CC[C@](CNc1ccccc1)(C(=O)OC(C)(C)C)C2=O. The molecule has 148 valence electrons. The molecular weight excluding hydrogens is 354 g/mol. The number of anilines is 1. The standard InChI is InChI=1S/C23H27NO4/c1-22(2,3)28-21(26)23(15-24-16-9-6-5-7-10-16)14-13-17-18(20(23)25)11-8-12-19(17)27-4/h5-12,24H,13-15H2,1-4H3/t23-/m1/s1. The zero-order valence-corrected chi connectivity index (χ0v) is 16.9. The van der Waals surface area contributed by atoms with Crippen LogP contribution in [0.2, 0.25) is 0 Å².